The Bertz CT molecular complexity index is 249. The van der Waals surface area contributed by atoms with Crippen LogP contribution in [0.5, 0.6) is 0 Å². The van der Waals surface area contributed by atoms with Gasteiger partial charge in [-0.1, -0.05) is 60.8 Å². The molecule has 0 rings (SSSR count). The molecule has 0 spiro atoms. The molecular formula is C13H18. The van der Waals surface area contributed by atoms with Gasteiger partial charge in [-0.15, -0.1) is 0 Å². The lowest BCUT2D eigenvalue weighted by Gasteiger charge is -1.92. The Labute approximate surface area is 81.7 Å². The minimum atomic E-state index is 0.897. The first-order valence-electron chi connectivity index (χ1n) is 4.46. The minimum Gasteiger partial charge on any atom is -0.0961 e. The first-order valence-corrected chi connectivity index (χ1v) is 4.46. The molecule has 0 bridgehead atoms. The third-order valence-corrected chi connectivity index (χ3v) is 1.42. The van der Waals surface area contributed by atoms with E-state index in [0.29, 0.717) is 0 Å². The van der Waals surface area contributed by atoms with E-state index in [4.69, 9.17) is 0 Å². The van der Waals surface area contributed by atoms with Crippen LogP contribution in [0.3, 0.4) is 0 Å². The summed E-state index contributed by atoms with van der Waals surface area (Å²) in [5, 5.41) is 0. The third kappa shape index (κ3) is 8.61. The van der Waals surface area contributed by atoms with Gasteiger partial charge >= 0.3 is 0 Å². The first kappa shape index (κ1) is 11.7. The van der Waals surface area contributed by atoms with E-state index in [1.807, 2.05) is 44.2 Å². The summed E-state index contributed by atoms with van der Waals surface area (Å²) in [5.74, 6) is 0. The maximum atomic E-state index is 3.92. The van der Waals surface area contributed by atoms with Gasteiger partial charge in [-0.2, -0.15) is 0 Å². The number of hydrogen-bond acceptors (Lipinski definition) is 0. The second kappa shape index (κ2) is 7.35. The third-order valence-electron chi connectivity index (χ3n) is 1.42. The van der Waals surface area contributed by atoms with Crippen molar-refractivity contribution in [2.45, 2.75) is 20.3 Å². The van der Waals surface area contributed by atoms with E-state index in [9.17, 15) is 0 Å². The molecule has 0 heterocycles. The minimum absolute atomic E-state index is 0.897. The molecule has 0 heteroatoms. The highest BCUT2D eigenvalue weighted by Crippen LogP contribution is 2.03. The van der Waals surface area contributed by atoms with Crippen molar-refractivity contribution in [1.82, 2.24) is 0 Å². The van der Waals surface area contributed by atoms with E-state index < -0.39 is 0 Å². The second-order valence-corrected chi connectivity index (χ2v) is 3.00. The molecule has 0 saturated carbocycles. The van der Waals surface area contributed by atoms with Crippen molar-refractivity contribution in [1.29, 1.82) is 0 Å². The topological polar surface area (TPSA) is 0 Å². The second-order valence-electron chi connectivity index (χ2n) is 3.00. The largest absolute Gasteiger partial charge is 0.0961 e. The molecule has 0 saturated heterocycles. The van der Waals surface area contributed by atoms with Crippen molar-refractivity contribution < 1.29 is 0 Å². The summed E-state index contributed by atoms with van der Waals surface area (Å²) in [4.78, 5) is 0. The zero-order valence-electron chi connectivity index (χ0n) is 8.59. The summed E-state index contributed by atoms with van der Waals surface area (Å²) in [7, 11) is 0. The van der Waals surface area contributed by atoms with Crippen LogP contribution in [0, 0.1) is 0 Å². The van der Waals surface area contributed by atoms with Gasteiger partial charge in [0, 0.05) is 0 Å². The smallest absolute Gasteiger partial charge is 0.0100 e. The van der Waals surface area contributed by atoms with Gasteiger partial charge in [0.15, 0.2) is 0 Å². The summed E-state index contributed by atoms with van der Waals surface area (Å²) in [6.45, 7) is 11.7. The lowest BCUT2D eigenvalue weighted by Crippen LogP contribution is -1.71. The van der Waals surface area contributed by atoms with Crippen LogP contribution in [-0.2, 0) is 0 Å². The van der Waals surface area contributed by atoms with Crippen molar-refractivity contribution in [3.05, 3.63) is 60.8 Å². The fourth-order valence-electron chi connectivity index (χ4n) is 0.737. The molecule has 0 nitrogen and oxygen atoms in total. The molecular weight excluding hydrogens is 156 g/mol. The van der Waals surface area contributed by atoms with Crippen LogP contribution in [0.15, 0.2) is 60.8 Å². The molecule has 0 aromatic rings. The van der Waals surface area contributed by atoms with Gasteiger partial charge in [0.2, 0.25) is 0 Å². The maximum Gasteiger partial charge on any atom is -0.0100 e. The van der Waals surface area contributed by atoms with E-state index in [-0.39, 0.29) is 0 Å². The van der Waals surface area contributed by atoms with Crippen molar-refractivity contribution in [2.75, 3.05) is 0 Å². The maximum absolute atomic E-state index is 3.92. The first-order chi connectivity index (χ1) is 6.16. The molecule has 0 unspecified atom stereocenters. The Morgan fingerprint density at radius 2 is 1.85 bits per heavy atom. The molecule has 0 aliphatic carbocycles. The average Bonchev–Trinajstić information content (AvgIpc) is 2.09. The van der Waals surface area contributed by atoms with Crippen LogP contribution >= 0.6 is 0 Å². The molecule has 0 fully saturated rings. The Hall–Kier alpha value is -1.30. The van der Waals surface area contributed by atoms with Crippen molar-refractivity contribution in [2.24, 2.45) is 0 Å². The van der Waals surface area contributed by atoms with Gasteiger partial charge in [-0.05, 0) is 20.3 Å². The summed E-state index contributed by atoms with van der Waals surface area (Å²) < 4.78 is 0. The van der Waals surface area contributed by atoms with Crippen LogP contribution in [0.1, 0.15) is 20.3 Å². The molecule has 0 aliphatic rings. The highest BCUT2D eigenvalue weighted by molar-refractivity contribution is 5.25. The van der Waals surface area contributed by atoms with Crippen molar-refractivity contribution in [3.63, 3.8) is 0 Å². The summed E-state index contributed by atoms with van der Waals surface area (Å²) >= 11 is 0. The fraction of sp³-hybridized carbons (Fsp3) is 0.231. The van der Waals surface area contributed by atoms with E-state index in [1.165, 1.54) is 0 Å². The molecule has 0 aliphatic heterocycles. The monoisotopic (exact) mass is 174 g/mol. The molecule has 0 N–H and O–H groups in total. The lowest BCUT2D eigenvalue weighted by molar-refractivity contribution is 1.30. The molecule has 0 radical (unpaired) electrons. The number of hydrogen-bond donors (Lipinski definition) is 0. The standard InChI is InChI=1S/C13H18/c1-5-6-7-8-9-13(4)11-10-12(2)3/h5-8,10-11H,2,4,9H2,1,3H3/b6-5-,8-7-,11-10-. The SMILES string of the molecule is C=C(C)/C=C\C(=C)C/C=C\C=C/C. The van der Waals surface area contributed by atoms with Gasteiger partial charge in [-0.25, -0.2) is 0 Å². The van der Waals surface area contributed by atoms with E-state index in [2.05, 4.69) is 19.2 Å². The van der Waals surface area contributed by atoms with Gasteiger partial charge in [-0.3, -0.25) is 0 Å². The van der Waals surface area contributed by atoms with Gasteiger partial charge in [0.1, 0.15) is 0 Å². The zero-order chi connectivity index (χ0) is 10.1. The molecule has 0 aromatic carbocycles. The van der Waals surface area contributed by atoms with Gasteiger partial charge in [0.25, 0.3) is 0 Å². The average molecular weight is 174 g/mol. The van der Waals surface area contributed by atoms with E-state index in [0.717, 1.165) is 17.6 Å². The molecule has 0 amide bonds. The Morgan fingerprint density at radius 1 is 1.15 bits per heavy atom. The van der Waals surface area contributed by atoms with Crippen LogP contribution in [-0.4, -0.2) is 0 Å². The summed E-state index contributed by atoms with van der Waals surface area (Å²) in [6.07, 6.45) is 13.0. The number of allylic oxidation sites excluding steroid dienone is 8. The Balaban J connectivity index is 3.82. The molecule has 0 aromatic heterocycles. The van der Waals surface area contributed by atoms with E-state index in [1.54, 1.807) is 0 Å². The molecule has 13 heavy (non-hydrogen) atoms. The summed E-state index contributed by atoms with van der Waals surface area (Å²) in [6, 6.07) is 0. The lowest BCUT2D eigenvalue weighted by atomic mass is 10.1. The number of rotatable bonds is 5. The van der Waals surface area contributed by atoms with Gasteiger partial charge in [0.05, 0.1) is 0 Å². The van der Waals surface area contributed by atoms with Crippen molar-refractivity contribution >= 4 is 0 Å². The quantitative estimate of drug-likeness (QED) is 0.548. The molecule has 70 valence electrons. The van der Waals surface area contributed by atoms with Crippen LogP contribution in [0.2, 0.25) is 0 Å². The fourth-order valence-corrected chi connectivity index (χ4v) is 0.737. The predicted molar refractivity (Wildman–Crippen MR) is 61.7 cm³/mol. The normalized spacial score (nSPS) is 11.8. The Kier molecular flexibility index (Phi) is 6.62. The van der Waals surface area contributed by atoms with Crippen LogP contribution in [0.4, 0.5) is 0 Å². The summed E-state index contributed by atoms with van der Waals surface area (Å²) in [5.41, 5.74) is 2.15. The Morgan fingerprint density at radius 3 is 2.38 bits per heavy atom. The zero-order valence-corrected chi connectivity index (χ0v) is 8.59. The van der Waals surface area contributed by atoms with Crippen molar-refractivity contribution in [3.8, 4) is 0 Å². The van der Waals surface area contributed by atoms with E-state index >= 15 is 0 Å². The van der Waals surface area contributed by atoms with Crippen LogP contribution < -0.4 is 0 Å². The van der Waals surface area contributed by atoms with Gasteiger partial charge < -0.3 is 0 Å². The highest BCUT2D eigenvalue weighted by Gasteiger charge is 1.82. The molecule has 0 atom stereocenters. The predicted octanol–water partition coefficient (Wildman–Crippen LogP) is 4.20. The highest BCUT2D eigenvalue weighted by atomic mass is 13.9. The van der Waals surface area contributed by atoms with Crippen LogP contribution in [0.25, 0.3) is 0 Å².